The van der Waals surface area contributed by atoms with Crippen LogP contribution in [0, 0.1) is 6.92 Å². The number of ether oxygens (including phenoxy) is 2. The van der Waals surface area contributed by atoms with Gasteiger partial charge in [-0.25, -0.2) is 4.98 Å². The van der Waals surface area contributed by atoms with Crippen molar-refractivity contribution in [2.75, 3.05) is 7.11 Å². The molecule has 0 fully saturated rings. The van der Waals surface area contributed by atoms with Gasteiger partial charge < -0.3 is 14.6 Å². The molecule has 1 N–H and O–H groups in total. The van der Waals surface area contributed by atoms with Gasteiger partial charge in [0.25, 0.3) is 0 Å². The first-order valence-corrected chi connectivity index (χ1v) is 6.38. The number of nitrogens with zero attached hydrogens (tertiary/aromatic N) is 1. The van der Waals surface area contributed by atoms with Crippen LogP contribution in [0.3, 0.4) is 0 Å². The molecule has 96 valence electrons. The molecule has 1 aromatic heterocycles. The fraction of sp³-hybridized carbons (Fsp3) is 0.308. The second-order valence-corrected chi connectivity index (χ2v) is 4.88. The number of aliphatic hydroxyl groups is 1. The highest BCUT2D eigenvalue weighted by Crippen LogP contribution is 2.27. The first-order chi connectivity index (χ1) is 8.74. The number of thiazole rings is 1. The summed E-state index contributed by atoms with van der Waals surface area (Å²) >= 11 is 1.47. The minimum Gasteiger partial charge on any atom is -0.493 e. The number of benzene rings is 1. The van der Waals surface area contributed by atoms with Crippen molar-refractivity contribution >= 4 is 11.3 Å². The molecule has 18 heavy (non-hydrogen) atoms. The Bertz CT molecular complexity index is 525. The van der Waals surface area contributed by atoms with Crippen molar-refractivity contribution < 1.29 is 14.6 Å². The minimum absolute atomic E-state index is 0.0260. The van der Waals surface area contributed by atoms with Crippen LogP contribution in [0.5, 0.6) is 11.5 Å². The van der Waals surface area contributed by atoms with Gasteiger partial charge in [0.1, 0.15) is 11.6 Å². The summed E-state index contributed by atoms with van der Waals surface area (Å²) in [6.45, 7) is 2.29. The zero-order valence-corrected chi connectivity index (χ0v) is 11.2. The second-order valence-electron chi connectivity index (χ2n) is 3.71. The summed E-state index contributed by atoms with van der Waals surface area (Å²) in [6.07, 6.45) is 0. The van der Waals surface area contributed by atoms with Crippen molar-refractivity contribution in [2.24, 2.45) is 0 Å². The monoisotopic (exact) mass is 265 g/mol. The molecular weight excluding hydrogens is 250 g/mol. The first kappa shape index (κ1) is 12.9. The normalized spacial score (nSPS) is 10.4. The van der Waals surface area contributed by atoms with Crippen LogP contribution >= 0.6 is 11.3 Å². The van der Waals surface area contributed by atoms with Crippen LogP contribution in [0.25, 0.3) is 0 Å². The molecule has 0 aliphatic heterocycles. The summed E-state index contributed by atoms with van der Waals surface area (Å²) in [7, 11) is 1.61. The van der Waals surface area contributed by atoms with E-state index in [-0.39, 0.29) is 6.61 Å². The van der Waals surface area contributed by atoms with E-state index in [1.54, 1.807) is 7.11 Å². The number of aliphatic hydroxyl groups excluding tert-OH is 1. The fourth-order valence-electron chi connectivity index (χ4n) is 1.57. The Labute approximate surface area is 110 Å². The Morgan fingerprint density at radius 2 is 2.00 bits per heavy atom. The molecule has 0 spiro atoms. The summed E-state index contributed by atoms with van der Waals surface area (Å²) in [5.74, 6) is 1.39. The molecule has 0 radical (unpaired) electrons. The minimum atomic E-state index is 0.0260. The highest BCUT2D eigenvalue weighted by Gasteiger charge is 2.08. The number of aromatic nitrogens is 1. The lowest BCUT2D eigenvalue weighted by molar-refractivity contribution is 0.283. The van der Waals surface area contributed by atoms with Crippen LogP contribution in [-0.4, -0.2) is 17.2 Å². The average molecular weight is 265 g/mol. The first-order valence-electron chi connectivity index (χ1n) is 5.56. The van der Waals surface area contributed by atoms with Crippen molar-refractivity contribution in [1.29, 1.82) is 0 Å². The van der Waals surface area contributed by atoms with Crippen molar-refractivity contribution in [1.82, 2.24) is 4.98 Å². The average Bonchev–Trinajstić information content (AvgIpc) is 2.77. The maximum Gasteiger partial charge on any atom is 0.161 e. The molecule has 0 aliphatic rings. The molecule has 2 rings (SSSR count). The molecule has 1 aromatic carbocycles. The van der Waals surface area contributed by atoms with Gasteiger partial charge in [-0.2, -0.15) is 0 Å². The van der Waals surface area contributed by atoms with Gasteiger partial charge in [-0.1, -0.05) is 12.1 Å². The molecule has 1 heterocycles. The molecule has 0 unspecified atom stereocenters. The Balaban J connectivity index is 2.06. The summed E-state index contributed by atoms with van der Waals surface area (Å²) < 4.78 is 10.9. The van der Waals surface area contributed by atoms with E-state index in [2.05, 4.69) is 4.98 Å². The van der Waals surface area contributed by atoms with Gasteiger partial charge in [-0.05, 0) is 19.1 Å². The smallest absolute Gasteiger partial charge is 0.161 e. The van der Waals surface area contributed by atoms with Crippen LogP contribution in [0.15, 0.2) is 24.3 Å². The van der Waals surface area contributed by atoms with Gasteiger partial charge in [-0.3, -0.25) is 0 Å². The van der Waals surface area contributed by atoms with E-state index < -0.39 is 0 Å². The van der Waals surface area contributed by atoms with Gasteiger partial charge in [0.15, 0.2) is 11.5 Å². The third kappa shape index (κ3) is 2.80. The molecular formula is C13H15NO3S. The summed E-state index contributed by atoms with van der Waals surface area (Å²) in [6, 6.07) is 7.49. The van der Waals surface area contributed by atoms with Crippen LogP contribution in [0.4, 0.5) is 0 Å². The Morgan fingerprint density at radius 3 is 2.61 bits per heavy atom. The number of hydrogen-bond acceptors (Lipinski definition) is 5. The number of aryl methyl sites for hydroxylation is 1. The zero-order valence-electron chi connectivity index (χ0n) is 10.3. The van der Waals surface area contributed by atoms with Gasteiger partial charge in [-0.15, -0.1) is 11.3 Å². The molecule has 0 saturated carbocycles. The van der Waals surface area contributed by atoms with Crippen molar-refractivity contribution in [2.45, 2.75) is 20.1 Å². The Kier molecular flexibility index (Phi) is 4.17. The summed E-state index contributed by atoms with van der Waals surface area (Å²) in [5, 5.41) is 9.96. The number of para-hydroxylation sites is 2. The fourth-order valence-corrected chi connectivity index (χ4v) is 2.42. The van der Waals surface area contributed by atoms with Gasteiger partial charge >= 0.3 is 0 Å². The number of methoxy groups -OCH3 is 1. The van der Waals surface area contributed by atoms with E-state index in [0.717, 1.165) is 15.6 Å². The van der Waals surface area contributed by atoms with Crippen molar-refractivity contribution in [3.05, 3.63) is 39.8 Å². The van der Waals surface area contributed by atoms with Crippen LogP contribution < -0.4 is 9.47 Å². The quantitative estimate of drug-likeness (QED) is 0.902. The van der Waals surface area contributed by atoms with Gasteiger partial charge in [0, 0.05) is 0 Å². The largest absolute Gasteiger partial charge is 0.493 e. The van der Waals surface area contributed by atoms with Crippen LogP contribution in [0.2, 0.25) is 0 Å². The van der Waals surface area contributed by atoms with Crippen LogP contribution in [0.1, 0.15) is 15.6 Å². The van der Waals surface area contributed by atoms with E-state index in [0.29, 0.717) is 18.1 Å². The summed E-state index contributed by atoms with van der Waals surface area (Å²) in [4.78, 5) is 5.23. The molecule has 0 atom stereocenters. The Hall–Kier alpha value is -1.59. The number of rotatable bonds is 5. The van der Waals surface area contributed by atoms with Crippen LogP contribution in [-0.2, 0) is 13.2 Å². The molecule has 0 saturated heterocycles. The van der Waals surface area contributed by atoms with Gasteiger partial charge in [0.2, 0.25) is 0 Å². The lowest BCUT2D eigenvalue weighted by atomic mass is 10.3. The molecule has 5 heteroatoms. The maximum atomic E-state index is 9.11. The molecule has 2 aromatic rings. The van der Waals surface area contributed by atoms with E-state index >= 15 is 0 Å². The topological polar surface area (TPSA) is 51.6 Å². The third-order valence-corrected chi connectivity index (χ3v) is 3.62. The maximum absolute atomic E-state index is 9.11. The predicted molar refractivity (Wildman–Crippen MR) is 70.1 cm³/mol. The Morgan fingerprint density at radius 1 is 1.28 bits per heavy atom. The second kappa shape index (κ2) is 5.84. The van der Waals surface area contributed by atoms with E-state index in [1.807, 2.05) is 31.2 Å². The number of hydrogen-bond donors (Lipinski definition) is 1. The standard InChI is InChI=1S/C13H15NO3S/c1-9-12(7-15)18-13(14-9)8-17-11-6-4-3-5-10(11)16-2/h3-6,15H,7-8H2,1-2H3. The lowest BCUT2D eigenvalue weighted by Crippen LogP contribution is -1.97. The zero-order chi connectivity index (χ0) is 13.0. The van der Waals surface area contributed by atoms with Crippen molar-refractivity contribution in [3.63, 3.8) is 0 Å². The van der Waals surface area contributed by atoms with E-state index in [1.165, 1.54) is 11.3 Å². The van der Waals surface area contributed by atoms with E-state index in [9.17, 15) is 0 Å². The molecule has 4 nitrogen and oxygen atoms in total. The predicted octanol–water partition coefficient (Wildman–Crippen LogP) is 2.53. The van der Waals surface area contributed by atoms with E-state index in [4.69, 9.17) is 14.6 Å². The van der Waals surface area contributed by atoms with Gasteiger partial charge in [0.05, 0.1) is 24.3 Å². The molecule has 0 bridgehead atoms. The summed E-state index contributed by atoms with van der Waals surface area (Å²) in [5.41, 5.74) is 0.862. The highest BCUT2D eigenvalue weighted by molar-refractivity contribution is 7.11. The lowest BCUT2D eigenvalue weighted by Gasteiger charge is -2.08. The molecule has 0 aliphatic carbocycles. The highest BCUT2D eigenvalue weighted by atomic mass is 32.1. The SMILES string of the molecule is COc1ccccc1OCc1nc(C)c(CO)s1. The molecule has 0 amide bonds. The van der Waals surface area contributed by atoms with Crippen molar-refractivity contribution in [3.8, 4) is 11.5 Å². The third-order valence-electron chi connectivity index (χ3n) is 2.50.